The maximum absolute atomic E-state index is 12.6. The number of aromatic carboxylic acids is 1. The van der Waals surface area contributed by atoms with Crippen molar-refractivity contribution in [1.29, 1.82) is 0 Å². The van der Waals surface area contributed by atoms with E-state index in [4.69, 9.17) is 10.8 Å². The molecule has 5 nitrogen and oxygen atoms in total. The molecule has 0 radical (unpaired) electrons. The van der Waals surface area contributed by atoms with Crippen molar-refractivity contribution >= 4 is 40.4 Å². The summed E-state index contributed by atoms with van der Waals surface area (Å²) in [4.78, 5) is 13.4. The van der Waals surface area contributed by atoms with Crippen molar-refractivity contribution in [2.75, 3.05) is 5.73 Å². The van der Waals surface area contributed by atoms with Crippen LogP contribution in [0, 0.1) is 0 Å². The third-order valence-electron chi connectivity index (χ3n) is 1.87. The number of nitrogens with zero attached hydrogens (tertiary/aromatic N) is 2. The number of nitrogen functional groups attached to an aromatic ring is 1. The van der Waals surface area contributed by atoms with Gasteiger partial charge in [-0.3, -0.25) is 4.40 Å². The number of hydrogen-bond acceptors (Lipinski definition) is 4. The van der Waals surface area contributed by atoms with Gasteiger partial charge in [-0.1, -0.05) is 0 Å². The van der Waals surface area contributed by atoms with E-state index in [-0.39, 0.29) is 23.1 Å². The number of halogens is 4. The molecule has 0 spiro atoms. The van der Waals surface area contributed by atoms with Crippen LogP contribution in [0.3, 0.4) is 0 Å². The summed E-state index contributed by atoms with van der Waals surface area (Å²) < 4.78 is 38.5. The van der Waals surface area contributed by atoms with E-state index in [0.29, 0.717) is 15.7 Å². The minimum Gasteiger partial charge on any atom is -0.477 e. The summed E-state index contributed by atoms with van der Waals surface area (Å²) >= 11 is 0.448. The van der Waals surface area contributed by atoms with Crippen LogP contribution in [0.1, 0.15) is 15.4 Å². The zero-order valence-corrected chi connectivity index (χ0v) is 9.49. The number of imidazole rings is 1. The van der Waals surface area contributed by atoms with E-state index in [1.165, 1.54) is 0 Å². The summed E-state index contributed by atoms with van der Waals surface area (Å²) in [6, 6.07) is 0. The molecule has 0 aliphatic rings. The number of carboxylic acids is 1. The third-order valence-corrected chi connectivity index (χ3v) is 3.04. The maximum atomic E-state index is 12.6. The minimum atomic E-state index is -4.76. The van der Waals surface area contributed by atoms with Gasteiger partial charge in [-0.2, -0.15) is 13.2 Å². The van der Waals surface area contributed by atoms with Gasteiger partial charge in [0.25, 0.3) is 0 Å². The number of nitrogens with two attached hydrogens (primary N) is 1. The molecule has 0 aliphatic carbocycles. The Hall–Kier alpha value is -1.48. The lowest BCUT2D eigenvalue weighted by molar-refractivity contribution is -0.142. The van der Waals surface area contributed by atoms with Gasteiger partial charge < -0.3 is 10.8 Å². The fraction of sp³-hybridized carbons (Fsp3) is 0.143. The number of aromatic nitrogens is 2. The minimum absolute atomic E-state index is 0. The van der Waals surface area contributed by atoms with Crippen molar-refractivity contribution in [3.63, 3.8) is 0 Å². The van der Waals surface area contributed by atoms with Gasteiger partial charge >= 0.3 is 12.1 Å². The molecule has 2 aromatic rings. The molecule has 0 unspecified atom stereocenters. The summed E-state index contributed by atoms with van der Waals surface area (Å²) in [6.45, 7) is 0. The lowest BCUT2D eigenvalue weighted by atomic mass is 10.3. The number of alkyl halides is 3. The van der Waals surface area contributed by atoms with Gasteiger partial charge in [0, 0.05) is 0 Å². The maximum Gasteiger partial charge on any atom is 0.433 e. The lowest BCUT2D eigenvalue weighted by Crippen LogP contribution is -2.13. The van der Waals surface area contributed by atoms with E-state index in [0.717, 1.165) is 6.33 Å². The molecule has 0 saturated carbocycles. The summed E-state index contributed by atoms with van der Waals surface area (Å²) in [6.07, 6.45) is -3.91. The number of anilines is 1. The van der Waals surface area contributed by atoms with Crippen molar-refractivity contribution < 1.29 is 23.1 Å². The first-order valence-electron chi connectivity index (χ1n) is 3.88. The van der Waals surface area contributed by atoms with Crippen molar-refractivity contribution in [2.24, 2.45) is 0 Å². The highest BCUT2D eigenvalue weighted by Gasteiger charge is 2.40. The number of thiazole rings is 1. The highest BCUT2D eigenvalue weighted by molar-refractivity contribution is 7.19. The summed E-state index contributed by atoms with van der Waals surface area (Å²) in [5.74, 6) is -1.76. The molecule has 94 valence electrons. The number of fused-ring (bicyclic) bond motifs is 1. The summed E-state index contributed by atoms with van der Waals surface area (Å²) in [7, 11) is 0. The summed E-state index contributed by atoms with van der Waals surface area (Å²) in [5.41, 5.74) is 4.06. The van der Waals surface area contributed by atoms with Crippen LogP contribution < -0.4 is 5.73 Å². The molecule has 0 fully saturated rings. The molecule has 0 aliphatic heterocycles. The van der Waals surface area contributed by atoms with Gasteiger partial charge in [-0.15, -0.1) is 23.7 Å². The van der Waals surface area contributed by atoms with Crippen LogP contribution in [-0.4, -0.2) is 20.5 Å². The Bertz CT molecular complexity index is 577. The molecule has 2 heterocycles. The quantitative estimate of drug-likeness (QED) is 0.842. The van der Waals surface area contributed by atoms with Crippen LogP contribution in [0.4, 0.5) is 19.0 Å². The van der Waals surface area contributed by atoms with E-state index in [1.807, 2.05) is 0 Å². The van der Waals surface area contributed by atoms with E-state index in [2.05, 4.69) is 4.98 Å². The normalized spacial score (nSPS) is 11.5. The van der Waals surface area contributed by atoms with Crippen LogP contribution in [0.15, 0.2) is 6.33 Å². The van der Waals surface area contributed by atoms with E-state index < -0.39 is 22.7 Å². The Labute approximate surface area is 102 Å². The third kappa shape index (κ3) is 2.03. The van der Waals surface area contributed by atoms with Crippen LogP contribution in [0.5, 0.6) is 0 Å². The standard InChI is InChI=1S/C7H4F3N3O2S.ClH/c8-7(9,10)3-2(6(14)15)16-5-4(11)12-1-13(3)5;/h1H,11H2,(H,14,15);1H. The van der Waals surface area contributed by atoms with E-state index >= 15 is 0 Å². The predicted molar refractivity (Wildman–Crippen MR) is 56.7 cm³/mol. The molecule has 0 saturated heterocycles. The first kappa shape index (κ1) is 13.6. The molecule has 0 aromatic carbocycles. The van der Waals surface area contributed by atoms with Crippen LogP contribution in [0.2, 0.25) is 0 Å². The second-order valence-electron chi connectivity index (χ2n) is 2.89. The molecule has 2 rings (SSSR count). The first-order chi connectivity index (χ1) is 7.32. The Morgan fingerprint density at radius 1 is 1.53 bits per heavy atom. The van der Waals surface area contributed by atoms with E-state index in [9.17, 15) is 18.0 Å². The average Bonchev–Trinajstić information content (AvgIpc) is 2.64. The molecule has 3 N–H and O–H groups in total. The van der Waals surface area contributed by atoms with Crippen molar-refractivity contribution in [2.45, 2.75) is 6.18 Å². The predicted octanol–water partition coefficient (Wildman–Crippen LogP) is 2.12. The molecule has 0 bridgehead atoms. The topological polar surface area (TPSA) is 80.6 Å². The van der Waals surface area contributed by atoms with Crippen LogP contribution >= 0.6 is 23.7 Å². The molecule has 10 heteroatoms. The van der Waals surface area contributed by atoms with Gasteiger partial charge in [0.2, 0.25) is 0 Å². The zero-order chi connectivity index (χ0) is 12.1. The second kappa shape index (κ2) is 4.08. The number of carbonyl (C=O) groups is 1. The van der Waals surface area contributed by atoms with Gasteiger partial charge in [0.05, 0.1) is 0 Å². The zero-order valence-electron chi connectivity index (χ0n) is 7.85. The van der Waals surface area contributed by atoms with Gasteiger partial charge in [0.1, 0.15) is 16.0 Å². The molecular formula is C7H5ClF3N3O2S. The number of hydrogen-bond donors (Lipinski definition) is 2. The fourth-order valence-corrected chi connectivity index (χ4v) is 2.26. The SMILES string of the molecule is Cl.Nc1ncn2c(C(F)(F)F)c(C(=O)O)sc12. The fourth-order valence-electron chi connectivity index (χ4n) is 1.28. The Morgan fingerprint density at radius 2 is 2.12 bits per heavy atom. The average molecular weight is 288 g/mol. The van der Waals surface area contributed by atoms with Gasteiger partial charge in [-0.25, -0.2) is 9.78 Å². The van der Waals surface area contributed by atoms with Crippen LogP contribution in [0.25, 0.3) is 4.83 Å². The van der Waals surface area contributed by atoms with Gasteiger partial charge in [0.15, 0.2) is 11.5 Å². The lowest BCUT2D eigenvalue weighted by Gasteiger charge is -2.05. The van der Waals surface area contributed by atoms with Crippen molar-refractivity contribution in [1.82, 2.24) is 9.38 Å². The molecule has 2 aromatic heterocycles. The highest BCUT2D eigenvalue weighted by Crippen LogP contribution is 2.38. The Balaban J connectivity index is 0.00000144. The number of rotatable bonds is 1. The smallest absolute Gasteiger partial charge is 0.433 e. The summed E-state index contributed by atoms with van der Waals surface area (Å²) in [5, 5.41) is 8.68. The Kier molecular flexibility index (Phi) is 3.26. The van der Waals surface area contributed by atoms with Crippen molar-refractivity contribution in [3.8, 4) is 0 Å². The highest BCUT2D eigenvalue weighted by atomic mass is 35.5. The first-order valence-corrected chi connectivity index (χ1v) is 4.70. The van der Waals surface area contributed by atoms with Crippen molar-refractivity contribution in [3.05, 3.63) is 16.9 Å². The monoisotopic (exact) mass is 287 g/mol. The second-order valence-corrected chi connectivity index (χ2v) is 3.89. The molecule has 17 heavy (non-hydrogen) atoms. The Morgan fingerprint density at radius 3 is 2.59 bits per heavy atom. The largest absolute Gasteiger partial charge is 0.477 e. The van der Waals surface area contributed by atoms with E-state index in [1.54, 1.807) is 0 Å². The van der Waals surface area contributed by atoms with Crippen LogP contribution in [-0.2, 0) is 6.18 Å². The molecule has 0 atom stereocenters. The number of carboxylic acid groups (broad SMARTS) is 1. The molecule has 0 amide bonds. The molecular weight excluding hydrogens is 283 g/mol. The van der Waals surface area contributed by atoms with Gasteiger partial charge in [-0.05, 0) is 0 Å².